The molecule has 2 aromatic carbocycles. The Morgan fingerprint density at radius 3 is 2.47 bits per heavy atom. The third kappa shape index (κ3) is 4.05. The molecule has 0 aliphatic carbocycles. The van der Waals surface area contributed by atoms with E-state index in [0.717, 1.165) is 6.07 Å². The highest BCUT2D eigenvalue weighted by Gasteiger charge is 2.37. The van der Waals surface area contributed by atoms with Crippen LogP contribution in [0.25, 0.3) is 10.9 Å². The average molecular weight is 442 g/mol. The third-order valence-electron chi connectivity index (χ3n) is 5.13. The van der Waals surface area contributed by atoms with E-state index >= 15 is 0 Å². The molecular formula is C23H18F4N4O. The Labute approximate surface area is 180 Å². The molecule has 4 aromatic rings. The van der Waals surface area contributed by atoms with Crippen molar-refractivity contribution >= 4 is 16.8 Å². The van der Waals surface area contributed by atoms with Crippen LogP contribution in [0.5, 0.6) is 0 Å². The fourth-order valence-electron chi connectivity index (χ4n) is 3.58. The van der Waals surface area contributed by atoms with Crippen LogP contribution in [0.3, 0.4) is 0 Å². The zero-order chi connectivity index (χ0) is 22.9. The zero-order valence-corrected chi connectivity index (χ0v) is 16.9. The van der Waals surface area contributed by atoms with Crippen LogP contribution in [0.4, 0.5) is 17.6 Å². The summed E-state index contributed by atoms with van der Waals surface area (Å²) in [6.45, 7) is -0.714. The Bertz CT molecular complexity index is 1270. The number of alkyl halides is 4. The van der Waals surface area contributed by atoms with Gasteiger partial charge in [-0.3, -0.25) is 14.5 Å². The molecule has 32 heavy (non-hydrogen) atoms. The van der Waals surface area contributed by atoms with Crippen LogP contribution < -0.4 is 5.32 Å². The summed E-state index contributed by atoms with van der Waals surface area (Å²) in [5.74, 6) is -0.653. The fraction of sp³-hybridized carbons (Fsp3) is 0.174. The van der Waals surface area contributed by atoms with Crippen molar-refractivity contribution in [1.82, 2.24) is 20.1 Å². The van der Waals surface area contributed by atoms with Gasteiger partial charge >= 0.3 is 6.18 Å². The molecule has 1 atom stereocenters. The molecule has 0 aliphatic heterocycles. The van der Waals surface area contributed by atoms with Gasteiger partial charge in [-0.2, -0.15) is 18.3 Å². The van der Waals surface area contributed by atoms with Gasteiger partial charge < -0.3 is 5.32 Å². The summed E-state index contributed by atoms with van der Waals surface area (Å²) in [7, 11) is 1.67. The fourth-order valence-corrected chi connectivity index (χ4v) is 3.58. The largest absolute Gasteiger partial charge is 0.418 e. The van der Waals surface area contributed by atoms with Gasteiger partial charge in [0.1, 0.15) is 6.67 Å². The van der Waals surface area contributed by atoms with Gasteiger partial charge in [0.25, 0.3) is 5.91 Å². The molecule has 0 saturated heterocycles. The van der Waals surface area contributed by atoms with Crippen molar-refractivity contribution in [2.75, 3.05) is 0 Å². The average Bonchev–Trinajstić information content (AvgIpc) is 3.14. The maximum absolute atomic E-state index is 13.7. The lowest BCUT2D eigenvalue weighted by molar-refractivity contribution is -0.138. The first-order chi connectivity index (χ1) is 15.3. The summed E-state index contributed by atoms with van der Waals surface area (Å²) in [4.78, 5) is 17.1. The van der Waals surface area contributed by atoms with Gasteiger partial charge in [0.15, 0.2) is 5.69 Å². The van der Waals surface area contributed by atoms with E-state index < -0.39 is 30.4 Å². The number of halogens is 4. The lowest BCUT2D eigenvalue weighted by atomic mass is 9.97. The number of nitrogens with zero attached hydrogens (tertiary/aromatic N) is 3. The highest BCUT2D eigenvalue weighted by Crippen LogP contribution is 2.35. The second kappa shape index (κ2) is 8.41. The molecule has 4 rings (SSSR count). The van der Waals surface area contributed by atoms with Crippen molar-refractivity contribution in [2.24, 2.45) is 7.05 Å². The molecule has 2 aromatic heterocycles. The predicted molar refractivity (Wildman–Crippen MR) is 111 cm³/mol. The van der Waals surface area contributed by atoms with E-state index in [1.165, 1.54) is 41.2 Å². The highest BCUT2D eigenvalue weighted by atomic mass is 19.4. The third-order valence-corrected chi connectivity index (χ3v) is 5.13. The molecule has 0 fully saturated rings. The molecule has 0 bridgehead atoms. The number of carbonyl (C=O) groups excluding carboxylic acids is 1. The van der Waals surface area contributed by atoms with Crippen LogP contribution in [0.2, 0.25) is 0 Å². The van der Waals surface area contributed by atoms with E-state index in [-0.39, 0.29) is 11.4 Å². The van der Waals surface area contributed by atoms with Gasteiger partial charge in [0.05, 0.1) is 22.8 Å². The molecule has 5 nitrogen and oxygen atoms in total. The molecule has 2 heterocycles. The van der Waals surface area contributed by atoms with Gasteiger partial charge in [-0.15, -0.1) is 0 Å². The molecule has 0 radical (unpaired) electrons. The van der Waals surface area contributed by atoms with Crippen molar-refractivity contribution in [3.63, 3.8) is 0 Å². The lowest BCUT2D eigenvalue weighted by Gasteiger charge is -2.22. The topological polar surface area (TPSA) is 59.8 Å². The second-order valence-electron chi connectivity index (χ2n) is 7.21. The number of carbonyl (C=O) groups is 1. The van der Waals surface area contributed by atoms with Crippen LogP contribution in [-0.4, -0.2) is 20.7 Å². The maximum atomic E-state index is 13.7. The summed E-state index contributed by atoms with van der Waals surface area (Å²) in [6, 6.07) is 13.8. The lowest BCUT2D eigenvalue weighted by Crippen LogP contribution is -2.32. The Morgan fingerprint density at radius 1 is 1.06 bits per heavy atom. The van der Waals surface area contributed by atoms with Crippen molar-refractivity contribution in [3.8, 4) is 0 Å². The summed E-state index contributed by atoms with van der Waals surface area (Å²) < 4.78 is 55.6. The molecule has 1 N–H and O–H groups in total. The van der Waals surface area contributed by atoms with E-state index in [0.29, 0.717) is 22.0 Å². The number of aryl methyl sites for hydroxylation is 1. The Hall–Kier alpha value is -3.75. The van der Waals surface area contributed by atoms with Crippen LogP contribution in [0, 0.1) is 0 Å². The molecule has 0 aliphatic rings. The van der Waals surface area contributed by atoms with Gasteiger partial charge in [0.2, 0.25) is 0 Å². The number of fused-ring (bicyclic) bond motifs is 1. The number of hydrogen-bond acceptors (Lipinski definition) is 3. The first-order valence-electron chi connectivity index (χ1n) is 9.69. The molecule has 1 amide bonds. The summed E-state index contributed by atoms with van der Waals surface area (Å²) in [5.41, 5.74) is 0.159. The number of pyridine rings is 1. The number of para-hydroxylation sites is 1. The number of amides is 1. The standard InChI is InChI=1S/C23H18F4N4O/c1-31-18-7-3-2-5-16(18)20(30-31)22(32)29-19(15-10-8-14(13-24)9-11-15)21-17(23(25,26)27)6-4-12-28-21/h2-12,19H,13H2,1H3,(H,29,32)/t19-/m0/s1. The minimum Gasteiger partial charge on any atom is -0.338 e. The van der Waals surface area contributed by atoms with Crippen molar-refractivity contribution in [3.05, 3.63) is 94.9 Å². The maximum Gasteiger partial charge on any atom is 0.418 e. The number of benzene rings is 2. The zero-order valence-electron chi connectivity index (χ0n) is 16.9. The Kier molecular flexibility index (Phi) is 5.65. The number of aromatic nitrogens is 3. The van der Waals surface area contributed by atoms with Crippen LogP contribution in [0.15, 0.2) is 66.9 Å². The summed E-state index contributed by atoms with van der Waals surface area (Å²) >= 11 is 0. The monoisotopic (exact) mass is 442 g/mol. The molecule has 164 valence electrons. The molecule has 0 spiro atoms. The number of hydrogen-bond donors (Lipinski definition) is 1. The molecule has 0 saturated carbocycles. The smallest absolute Gasteiger partial charge is 0.338 e. The first-order valence-corrected chi connectivity index (χ1v) is 9.69. The van der Waals surface area contributed by atoms with Gasteiger partial charge in [-0.1, -0.05) is 42.5 Å². The minimum absolute atomic E-state index is 0.0815. The van der Waals surface area contributed by atoms with Gasteiger partial charge in [-0.05, 0) is 29.3 Å². The summed E-state index contributed by atoms with van der Waals surface area (Å²) in [6.07, 6.45) is -3.45. The molecule has 0 unspecified atom stereocenters. The SMILES string of the molecule is Cn1nc(C(=O)N[C@@H](c2ccc(CF)cc2)c2ncccc2C(F)(F)F)c2ccccc21. The Balaban J connectivity index is 1.80. The predicted octanol–water partition coefficient (Wildman–Crippen LogP) is 4.98. The normalized spacial score (nSPS) is 12.7. The van der Waals surface area contributed by atoms with Crippen LogP contribution in [-0.2, 0) is 19.9 Å². The van der Waals surface area contributed by atoms with E-state index in [1.807, 2.05) is 0 Å². The van der Waals surface area contributed by atoms with Gasteiger partial charge in [0, 0.05) is 18.6 Å². The first kappa shape index (κ1) is 21.5. The summed E-state index contributed by atoms with van der Waals surface area (Å²) in [5, 5.41) is 7.46. The van der Waals surface area contributed by atoms with E-state index in [9.17, 15) is 22.4 Å². The molecular weight excluding hydrogens is 424 g/mol. The minimum atomic E-state index is -4.68. The highest BCUT2D eigenvalue weighted by molar-refractivity contribution is 6.05. The quantitative estimate of drug-likeness (QED) is 0.444. The van der Waals surface area contributed by atoms with Crippen LogP contribution in [0.1, 0.15) is 38.9 Å². The number of rotatable bonds is 5. The van der Waals surface area contributed by atoms with Crippen molar-refractivity contribution < 1.29 is 22.4 Å². The van der Waals surface area contributed by atoms with Gasteiger partial charge in [-0.25, -0.2) is 4.39 Å². The number of nitrogens with one attached hydrogen (secondary N) is 1. The second-order valence-corrected chi connectivity index (χ2v) is 7.21. The molecule has 9 heteroatoms. The van der Waals surface area contributed by atoms with Crippen LogP contribution >= 0.6 is 0 Å². The van der Waals surface area contributed by atoms with E-state index in [4.69, 9.17) is 0 Å². The van der Waals surface area contributed by atoms with Crippen molar-refractivity contribution in [1.29, 1.82) is 0 Å². The van der Waals surface area contributed by atoms with E-state index in [1.54, 1.807) is 31.3 Å². The van der Waals surface area contributed by atoms with Crippen molar-refractivity contribution in [2.45, 2.75) is 18.9 Å². The Morgan fingerprint density at radius 2 is 1.78 bits per heavy atom. The van der Waals surface area contributed by atoms with E-state index in [2.05, 4.69) is 15.4 Å².